The fraction of sp³-hybridized carbons (Fsp3) is 0.667. The molecule has 86 valence electrons. The van der Waals surface area contributed by atoms with Gasteiger partial charge in [0.15, 0.2) is 0 Å². The van der Waals surface area contributed by atoms with Gasteiger partial charge in [-0.1, -0.05) is 13.8 Å². The van der Waals surface area contributed by atoms with Crippen LogP contribution in [0.3, 0.4) is 0 Å². The van der Waals surface area contributed by atoms with Crippen LogP contribution in [-0.2, 0) is 4.74 Å². The monoisotopic (exact) mass is 227 g/mol. The molecule has 1 atom stereocenters. The Kier molecular flexibility index (Phi) is 6.64. The molecule has 1 unspecified atom stereocenters. The first-order valence-corrected chi connectivity index (χ1v) is 6.66. The van der Waals surface area contributed by atoms with Gasteiger partial charge in [-0.05, 0) is 41.8 Å². The number of ether oxygens (including phenoxy) is 1. The Bertz CT molecular complexity index is 236. The van der Waals surface area contributed by atoms with Crippen LogP contribution in [0.15, 0.2) is 16.8 Å². The molecule has 0 saturated carbocycles. The maximum atomic E-state index is 5.52. The second-order valence-electron chi connectivity index (χ2n) is 3.57. The summed E-state index contributed by atoms with van der Waals surface area (Å²) in [5.41, 5.74) is 1.39. The van der Waals surface area contributed by atoms with Gasteiger partial charge in [-0.15, -0.1) is 0 Å². The van der Waals surface area contributed by atoms with Crippen LogP contribution in [0.4, 0.5) is 0 Å². The summed E-state index contributed by atoms with van der Waals surface area (Å²) in [6, 6.07) is 2.65. The van der Waals surface area contributed by atoms with Gasteiger partial charge in [0.2, 0.25) is 0 Å². The van der Waals surface area contributed by atoms with E-state index in [2.05, 4.69) is 36.0 Å². The van der Waals surface area contributed by atoms with Crippen molar-refractivity contribution in [1.29, 1.82) is 0 Å². The molecule has 0 bridgehead atoms. The Morgan fingerprint density at radius 1 is 1.40 bits per heavy atom. The van der Waals surface area contributed by atoms with Crippen molar-refractivity contribution in [2.45, 2.75) is 32.7 Å². The van der Waals surface area contributed by atoms with Gasteiger partial charge in [0, 0.05) is 19.3 Å². The van der Waals surface area contributed by atoms with Crippen molar-refractivity contribution < 1.29 is 4.74 Å². The van der Waals surface area contributed by atoms with E-state index in [4.69, 9.17) is 4.74 Å². The van der Waals surface area contributed by atoms with Crippen LogP contribution in [0.25, 0.3) is 0 Å². The zero-order valence-corrected chi connectivity index (χ0v) is 10.5. The number of hydrogen-bond acceptors (Lipinski definition) is 3. The highest BCUT2D eigenvalue weighted by atomic mass is 32.1. The summed E-state index contributed by atoms with van der Waals surface area (Å²) in [4.78, 5) is 0. The fourth-order valence-corrected chi connectivity index (χ4v) is 2.27. The van der Waals surface area contributed by atoms with Gasteiger partial charge in [-0.2, -0.15) is 11.3 Å². The zero-order chi connectivity index (χ0) is 10.9. The highest BCUT2D eigenvalue weighted by Crippen LogP contribution is 2.19. The van der Waals surface area contributed by atoms with E-state index in [1.807, 2.05) is 0 Å². The van der Waals surface area contributed by atoms with E-state index < -0.39 is 0 Å². The van der Waals surface area contributed by atoms with Crippen LogP contribution in [0.1, 0.15) is 38.3 Å². The highest BCUT2D eigenvalue weighted by molar-refractivity contribution is 7.07. The van der Waals surface area contributed by atoms with Crippen molar-refractivity contribution in [3.05, 3.63) is 22.4 Å². The minimum atomic E-state index is 0.457. The SMILES string of the molecule is CCCOCCC(NCC)c1ccsc1. The molecule has 0 aliphatic heterocycles. The van der Waals surface area contributed by atoms with Crippen LogP contribution in [-0.4, -0.2) is 19.8 Å². The van der Waals surface area contributed by atoms with Crippen molar-refractivity contribution >= 4 is 11.3 Å². The van der Waals surface area contributed by atoms with Crippen LogP contribution in [0.5, 0.6) is 0 Å². The second kappa shape index (κ2) is 7.85. The Labute approximate surface area is 96.7 Å². The van der Waals surface area contributed by atoms with Gasteiger partial charge in [0.1, 0.15) is 0 Å². The zero-order valence-electron chi connectivity index (χ0n) is 9.66. The Balaban J connectivity index is 2.31. The second-order valence-corrected chi connectivity index (χ2v) is 4.35. The summed E-state index contributed by atoms with van der Waals surface area (Å²) in [5, 5.41) is 7.84. The molecular weight excluding hydrogens is 206 g/mol. The van der Waals surface area contributed by atoms with Gasteiger partial charge >= 0.3 is 0 Å². The maximum absolute atomic E-state index is 5.52. The number of rotatable bonds is 8. The van der Waals surface area contributed by atoms with Gasteiger partial charge in [0.05, 0.1) is 0 Å². The molecule has 0 aliphatic rings. The number of thiophene rings is 1. The summed E-state index contributed by atoms with van der Waals surface area (Å²) in [6.45, 7) is 7.02. The van der Waals surface area contributed by atoms with Crippen LogP contribution < -0.4 is 5.32 Å². The molecule has 1 N–H and O–H groups in total. The average Bonchev–Trinajstić information content (AvgIpc) is 2.76. The van der Waals surface area contributed by atoms with Crippen molar-refractivity contribution in [3.8, 4) is 0 Å². The minimum absolute atomic E-state index is 0.457. The van der Waals surface area contributed by atoms with Crippen molar-refractivity contribution in [1.82, 2.24) is 5.32 Å². The molecule has 1 rings (SSSR count). The molecule has 1 heterocycles. The first-order chi connectivity index (χ1) is 7.38. The lowest BCUT2D eigenvalue weighted by molar-refractivity contribution is 0.125. The lowest BCUT2D eigenvalue weighted by atomic mass is 10.1. The predicted molar refractivity (Wildman–Crippen MR) is 66.5 cm³/mol. The quantitative estimate of drug-likeness (QED) is 0.689. The Morgan fingerprint density at radius 3 is 2.87 bits per heavy atom. The molecule has 1 aromatic heterocycles. The molecule has 0 fully saturated rings. The highest BCUT2D eigenvalue weighted by Gasteiger charge is 2.09. The molecular formula is C12H21NOS. The predicted octanol–water partition coefficient (Wildman–Crippen LogP) is 3.22. The molecule has 0 saturated heterocycles. The Hall–Kier alpha value is -0.380. The standard InChI is InChI=1S/C12H21NOS/c1-3-7-14-8-5-12(13-4-2)11-6-9-15-10-11/h6,9-10,12-13H,3-5,7-8H2,1-2H3. The third kappa shape index (κ3) is 4.78. The largest absolute Gasteiger partial charge is 0.381 e. The summed E-state index contributed by atoms with van der Waals surface area (Å²) in [7, 11) is 0. The lowest BCUT2D eigenvalue weighted by Gasteiger charge is -2.16. The van der Waals surface area contributed by atoms with Crippen molar-refractivity contribution in [2.24, 2.45) is 0 Å². The van der Waals surface area contributed by atoms with E-state index in [1.165, 1.54) is 5.56 Å². The van der Waals surface area contributed by atoms with E-state index in [9.17, 15) is 0 Å². The van der Waals surface area contributed by atoms with Crippen LogP contribution in [0, 0.1) is 0 Å². The van der Waals surface area contributed by atoms with Crippen LogP contribution in [0.2, 0.25) is 0 Å². The van der Waals surface area contributed by atoms with Gasteiger partial charge in [-0.25, -0.2) is 0 Å². The van der Waals surface area contributed by atoms with Crippen molar-refractivity contribution in [2.75, 3.05) is 19.8 Å². The summed E-state index contributed by atoms with van der Waals surface area (Å²) in [5.74, 6) is 0. The lowest BCUT2D eigenvalue weighted by Crippen LogP contribution is -2.21. The van der Waals surface area contributed by atoms with Gasteiger partial charge in [0.25, 0.3) is 0 Å². The van der Waals surface area contributed by atoms with E-state index >= 15 is 0 Å². The van der Waals surface area contributed by atoms with Crippen LogP contribution >= 0.6 is 11.3 Å². The number of hydrogen-bond donors (Lipinski definition) is 1. The number of nitrogens with one attached hydrogen (secondary N) is 1. The third-order valence-electron chi connectivity index (χ3n) is 2.30. The molecule has 3 heteroatoms. The molecule has 1 aromatic rings. The summed E-state index contributed by atoms with van der Waals surface area (Å²) < 4.78 is 5.52. The molecule has 0 aliphatic carbocycles. The van der Waals surface area contributed by atoms with E-state index in [1.54, 1.807) is 11.3 Å². The van der Waals surface area contributed by atoms with E-state index in [0.29, 0.717) is 6.04 Å². The molecule has 2 nitrogen and oxygen atoms in total. The third-order valence-corrected chi connectivity index (χ3v) is 3.00. The normalized spacial score (nSPS) is 12.9. The summed E-state index contributed by atoms with van der Waals surface area (Å²) in [6.07, 6.45) is 2.16. The van der Waals surface area contributed by atoms with Gasteiger partial charge in [-0.3, -0.25) is 0 Å². The van der Waals surface area contributed by atoms with E-state index in [-0.39, 0.29) is 0 Å². The Morgan fingerprint density at radius 2 is 2.27 bits per heavy atom. The van der Waals surface area contributed by atoms with Gasteiger partial charge < -0.3 is 10.1 Å². The maximum Gasteiger partial charge on any atom is 0.0484 e. The molecule has 0 spiro atoms. The van der Waals surface area contributed by atoms with Crippen molar-refractivity contribution in [3.63, 3.8) is 0 Å². The summed E-state index contributed by atoms with van der Waals surface area (Å²) >= 11 is 1.76. The smallest absolute Gasteiger partial charge is 0.0484 e. The molecule has 15 heavy (non-hydrogen) atoms. The first kappa shape index (κ1) is 12.7. The average molecular weight is 227 g/mol. The molecule has 0 radical (unpaired) electrons. The minimum Gasteiger partial charge on any atom is -0.381 e. The van der Waals surface area contributed by atoms with E-state index in [0.717, 1.165) is 32.6 Å². The molecule has 0 aromatic carbocycles. The molecule has 0 amide bonds. The first-order valence-electron chi connectivity index (χ1n) is 5.71. The fourth-order valence-electron chi connectivity index (χ4n) is 1.55. The topological polar surface area (TPSA) is 21.3 Å².